The summed E-state index contributed by atoms with van der Waals surface area (Å²) in [7, 11) is 0. The minimum absolute atomic E-state index is 0.360. The highest BCUT2D eigenvalue weighted by Gasteiger charge is 2.23. The van der Waals surface area contributed by atoms with E-state index in [-0.39, 0.29) is 0 Å². The first-order chi connectivity index (χ1) is 11.7. The van der Waals surface area contributed by atoms with Crippen molar-refractivity contribution in [3.05, 3.63) is 53.4 Å². The number of anilines is 1. The van der Waals surface area contributed by atoms with Gasteiger partial charge in [-0.15, -0.1) is 0 Å². The zero-order valence-electron chi connectivity index (χ0n) is 13.8. The number of halogens is 1. The Labute approximate surface area is 147 Å². The highest BCUT2D eigenvalue weighted by atomic mass is 35.5. The summed E-state index contributed by atoms with van der Waals surface area (Å²) in [6.07, 6.45) is 2.74. The van der Waals surface area contributed by atoms with E-state index < -0.39 is 0 Å². The van der Waals surface area contributed by atoms with Crippen molar-refractivity contribution >= 4 is 23.2 Å². The molecule has 1 atom stereocenters. The van der Waals surface area contributed by atoms with Crippen LogP contribution in [0.2, 0.25) is 5.02 Å². The fraction of sp³-hybridized carbons (Fsp3) is 0.389. The van der Waals surface area contributed by atoms with Crippen molar-refractivity contribution < 1.29 is 4.42 Å². The van der Waals surface area contributed by atoms with Crippen LogP contribution in [0.3, 0.4) is 0 Å². The van der Waals surface area contributed by atoms with Gasteiger partial charge in [0.1, 0.15) is 12.3 Å². The largest absolute Gasteiger partial charge is 0.467 e. The minimum atomic E-state index is 0.360. The normalized spacial score (nSPS) is 18.0. The van der Waals surface area contributed by atoms with Crippen LogP contribution in [0.5, 0.6) is 0 Å². The molecule has 1 aromatic carbocycles. The molecule has 5 nitrogen and oxygen atoms in total. The van der Waals surface area contributed by atoms with Gasteiger partial charge in [0.15, 0.2) is 5.96 Å². The Morgan fingerprint density at radius 2 is 2.29 bits per heavy atom. The third kappa shape index (κ3) is 4.45. The second kappa shape index (κ2) is 8.11. The quantitative estimate of drug-likeness (QED) is 0.644. The average Bonchev–Trinajstić information content (AvgIpc) is 3.25. The Hall–Kier alpha value is -2.14. The molecule has 0 radical (unpaired) electrons. The van der Waals surface area contributed by atoms with Gasteiger partial charge in [0.2, 0.25) is 0 Å². The molecule has 0 amide bonds. The first-order valence-electron chi connectivity index (χ1n) is 8.32. The van der Waals surface area contributed by atoms with Crippen LogP contribution in [0.25, 0.3) is 0 Å². The maximum atomic E-state index is 6.10. The molecule has 1 unspecified atom stereocenters. The number of hydrogen-bond donors (Lipinski definition) is 2. The Balaban J connectivity index is 1.58. The molecular formula is C18H23ClN4O. The second-order valence-corrected chi connectivity index (χ2v) is 6.27. The maximum absolute atomic E-state index is 6.10. The lowest BCUT2D eigenvalue weighted by molar-refractivity contribution is 0.511. The van der Waals surface area contributed by atoms with E-state index in [4.69, 9.17) is 16.0 Å². The number of guanidine groups is 1. The van der Waals surface area contributed by atoms with E-state index in [2.05, 4.69) is 33.5 Å². The summed E-state index contributed by atoms with van der Waals surface area (Å²) < 4.78 is 5.33. The summed E-state index contributed by atoms with van der Waals surface area (Å²) in [5.74, 6) is 1.69. The third-order valence-corrected chi connectivity index (χ3v) is 4.25. The molecule has 2 aromatic rings. The van der Waals surface area contributed by atoms with Crippen LogP contribution in [0.4, 0.5) is 5.69 Å². The molecule has 1 aliphatic rings. The molecule has 2 heterocycles. The maximum Gasteiger partial charge on any atom is 0.191 e. The molecule has 0 saturated carbocycles. The van der Waals surface area contributed by atoms with Gasteiger partial charge in [-0.1, -0.05) is 17.7 Å². The molecule has 128 valence electrons. The topological polar surface area (TPSA) is 52.8 Å². The van der Waals surface area contributed by atoms with E-state index >= 15 is 0 Å². The summed E-state index contributed by atoms with van der Waals surface area (Å²) in [4.78, 5) is 6.94. The van der Waals surface area contributed by atoms with Gasteiger partial charge in [-0.05, 0) is 43.7 Å². The monoisotopic (exact) mass is 346 g/mol. The van der Waals surface area contributed by atoms with E-state index in [1.165, 1.54) is 5.69 Å². The molecule has 6 heteroatoms. The van der Waals surface area contributed by atoms with Crippen LogP contribution in [0, 0.1) is 0 Å². The SMILES string of the molecule is CCNC(=NCc1ccco1)NC1CCN(c2cccc(Cl)c2)C1. The number of furan rings is 1. The summed E-state index contributed by atoms with van der Waals surface area (Å²) in [5, 5.41) is 7.58. The smallest absolute Gasteiger partial charge is 0.191 e. The van der Waals surface area contributed by atoms with Crippen molar-refractivity contribution in [2.75, 3.05) is 24.5 Å². The van der Waals surface area contributed by atoms with Gasteiger partial charge in [-0.25, -0.2) is 4.99 Å². The van der Waals surface area contributed by atoms with E-state index in [0.717, 1.165) is 42.8 Å². The molecular weight excluding hydrogens is 324 g/mol. The average molecular weight is 347 g/mol. The zero-order valence-corrected chi connectivity index (χ0v) is 14.6. The summed E-state index contributed by atoms with van der Waals surface area (Å²) in [5.41, 5.74) is 1.17. The van der Waals surface area contributed by atoms with Crippen LogP contribution in [-0.4, -0.2) is 31.6 Å². The molecule has 1 fully saturated rings. The number of rotatable bonds is 5. The van der Waals surface area contributed by atoms with Gasteiger partial charge in [-0.3, -0.25) is 0 Å². The molecule has 2 N–H and O–H groups in total. The molecule has 1 aromatic heterocycles. The number of hydrogen-bond acceptors (Lipinski definition) is 3. The lowest BCUT2D eigenvalue weighted by atomic mass is 10.2. The van der Waals surface area contributed by atoms with Crippen LogP contribution in [-0.2, 0) is 6.54 Å². The Kier molecular flexibility index (Phi) is 5.64. The van der Waals surface area contributed by atoms with Crippen molar-refractivity contribution in [1.82, 2.24) is 10.6 Å². The fourth-order valence-electron chi connectivity index (χ4n) is 2.86. The van der Waals surface area contributed by atoms with Gasteiger partial charge in [0.05, 0.1) is 6.26 Å². The van der Waals surface area contributed by atoms with Gasteiger partial charge in [0.25, 0.3) is 0 Å². The molecule has 1 saturated heterocycles. The van der Waals surface area contributed by atoms with Crippen LogP contribution >= 0.6 is 11.6 Å². The van der Waals surface area contributed by atoms with Crippen LogP contribution in [0.15, 0.2) is 52.1 Å². The van der Waals surface area contributed by atoms with Crippen LogP contribution in [0.1, 0.15) is 19.1 Å². The first kappa shape index (κ1) is 16.7. The van der Waals surface area contributed by atoms with E-state index in [9.17, 15) is 0 Å². The van der Waals surface area contributed by atoms with Gasteiger partial charge in [-0.2, -0.15) is 0 Å². The molecule has 0 spiro atoms. The fourth-order valence-corrected chi connectivity index (χ4v) is 3.04. The van der Waals surface area contributed by atoms with Crippen molar-refractivity contribution in [1.29, 1.82) is 0 Å². The number of nitrogens with one attached hydrogen (secondary N) is 2. The summed E-state index contributed by atoms with van der Waals surface area (Å²) in [6, 6.07) is 12.2. The number of aliphatic imine (C=N–C) groups is 1. The molecule has 1 aliphatic heterocycles. The summed E-state index contributed by atoms with van der Waals surface area (Å²) in [6.45, 7) is 5.37. The number of benzene rings is 1. The van der Waals surface area contributed by atoms with Gasteiger partial charge in [0, 0.05) is 36.4 Å². The van der Waals surface area contributed by atoms with Crippen molar-refractivity contribution in [2.45, 2.75) is 25.9 Å². The van der Waals surface area contributed by atoms with Crippen LogP contribution < -0.4 is 15.5 Å². The predicted octanol–water partition coefficient (Wildman–Crippen LogP) is 3.27. The summed E-state index contributed by atoms with van der Waals surface area (Å²) >= 11 is 6.10. The van der Waals surface area contributed by atoms with E-state index in [0.29, 0.717) is 12.6 Å². The van der Waals surface area contributed by atoms with Crippen molar-refractivity contribution in [3.63, 3.8) is 0 Å². The minimum Gasteiger partial charge on any atom is -0.467 e. The Morgan fingerprint density at radius 3 is 3.04 bits per heavy atom. The van der Waals surface area contributed by atoms with E-state index in [1.807, 2.05) is 30.3 Å². The van der Waals surface area contributed by atoms with Gasteiger partial charge < -0.3 is 20.0 Å². The highest BCUT2D eigenvalue weighted by molar-refractivity contribution is 6.30. The van der Waals surface area contributed by atoms with Gasteiger partial charge >= 0.3 is 0 Å². The Morgan fingerprint density at radius 1 is 1.38 bits per heavy atom. The third-order valence-electron chi connectivity index (χ3n) is 4.02. The Bertz CT molecular complexity index is 671. The molecule has 24 heavy (non-hydrogen) atoms. The molecule has 3 rings (SSSR count). The van der Waals surface area contributed by atoms with E-state index in [1.54, 1.807) is 6.26 Å². The van der Waals surface area contributed by atoms with Crippen molar-refractivity contribution in [2.24, 2.45) is 4.99 Å². The molecule has 0 aliphatic carbocycles. The molecule has 0 bridgehead atoms. The second-order valence-electron chi connectivity index (χ2n) is 5.83. The first-order valence-corrected chi connectivity index (χ1v) is 8.70. The zero-order chi connectivity index (χ0) is 16.8. The lowest BCUT2D eigenvalue weighted by Crippen LogP contribution is -2.44. The van der Waals surface area contributed by atoms with Crippen molar-refractivity contribution in [3.8, 4) is 0 Å². The predicted molar refractivity (Wildman–Crippen MR) is 98.7 cm³/mol. The number of nitrogens with zero attached hydrogens (tertiary/aromatic N) is 2. The highest BCUT2D eigenvalue weighted by Crippen LogP contribution is 2.23. The standard InChI is InChI=1S/C18H23ClN4O/c1-2-20-18(21-12-17-7-4-10-24-17)22-15-8-9-23(13-15)16-6-3-5-14(19)11-16/h3-7,10-11,15H,2,8-9,12-13H2,1H3,(H2,20,21,22). The lowest BCUT2D eigenvalue weighted by Gasteiger charge is -2.20.